The molecule has 0 aromatic heterocycles. The lowest BCUT2D eigenvalue weighted by atomic mass is 10.1. The van der Waals surface area contributed by atoms with Gasteiger partial charge in [-0.25, -0.2) is 14.6 Å². The van der Waals surface area contributed by atoms with Crippen LogP contribution in [0.3, 0.4) is 0 Å². The Labute approximate surface area is 207 Å². The van der Waals surface area contributed by atoms with E-state index in [0.29, 0.717) is 35.0 Å². The summed E-state index contributed by atoms with van der Waals surface area (Å²) in [6, 6.07) is 19.6. The Kier molecular flexibility index (Phi) is 6.48. The second-order valence-electron chi connectivity index (χ2n) is 7.71. The minimum absolute atomic E-state index is 0.126. The fraction of sp³-hybridized carbons (Fsp3) is 0.107. The van der Waals surface area contributed by atoms with Crippen LogP contribution in [0.25, 0.3) is 12.2 Å². The van der Waals surface area contributed by atoms with Gasteiger partial charge in [-0.2, -0.15) is 0 Å². The van der Waals surface area contributed by atoms with Crippen molar-refractivity contribution in [3.63, 3.8) is 0 Å². The third kappa shape index (κ3) is 5.12. The Morgan fingerprint density at radius 1 is 0.972 bits per heavy atom. The van der Waals surface area contributed by atoms with E-state index in [9.17, 15) is 9.59 Å². The minimum Gasteiger partial charge on any atom is -0.490 e. The molecule has 2 aliphatic heterocycles. The van der Waals surface area contributed by atoms with Gasteiger partial charge >= 0.3 is 11.9 Å². The number of carbonyl (C=O) groups excluding carboxylic acids is 2. The Hall–Kier alpha value is -4.85. The highest BCUT2D eigenvalue weighted by molar-refractivity contribution is 6.13. The summed E-state index contributed by atoms with van der Waals surface area (Å²) in [5, 5.41) is 0. The van der Waals surface area contributed by atoms with E-state index < -0.39 is 11.9 Å². The number of aliphatic imine (C=N–C) groups is 1. The SMILES string of the molecule is CCOc1cc(/C=C2/N=C(c3ccc4c(c3)OCO4)OC2=O)ccc1OC(=O)/C=C/c1ccccc1. The molecule has 0 unspecified atom stereocenters. The largest absolute Gasteiger partial charge is 0.490 e. The molecule has 0 radical (unpaired) electrons. The monoisotopic (exact) mass is 483 g/mol. The molecule has 3 aromatic rings. The lowest BCUT2D eigenvalue weighted by Gasteiger charge is -2.10. The quantitative estimate of drug-likeness (QED) is 0.271. The minimum atomic E-state index is -0.581. The number of benzene rings is 3. The molecule has 0 bridgehead atoms. The number of esters is 2. The summed E-state index contributed by atoms with van der Waals surface area (Å²) in [5.41, 5.74) is 2.23. The molecule has 0 amide bonds. The van der Waals surface area contributed by atoms with Crippen molar-refractivity contribution >= 4 is 30.0 Å². The van der Waals surface area contributed by atoms with Crippen LogP contribution in [0, 0.1) is 0 Å². The van der Waals surface area contributed by atoms with Gasteiger partial charge in [-0.3, -0.25) is 0 Å². The summed E-state index contributed by atoms with van der Waals surface area (Å²) in [6.45, 7) is 2.33. The highest BCUT2D eigenvalue weighted by atomic mass is 16.7. The van der Waals surface area contributed by atoms with E-state index in [1.165, 1.54) is 6.08 Å². The molecule has 0 atom stereocenters. The van der Waals surface area contributed by atoms with Crippen LogP contribution in [0.5, 0.6) is 23.0 Å². The molecule has 0 aliphatic carbocycles. The molecule has 0 saturated carbocycles. The maximum absolute atomic E-state index is 12.4. The predicted octanol–water partition coefficient (Wildman–Crippen LogP) is 4.78. The van der Waals surface area contributed by atoms with Gasteiger partial charge in [-0.05, 0) is 60.5 Å². The van der Waals surface area contributed by atoms with E-state index in [0.717, 1.165) is 5.56 Å². The Morgan fingerprint density at radius 3 is 2.64 bits per heavy atom. The van der Waals surface area contributed by atoms with Gasteiger partial charge in [0.25, 0.3) is 0 Å². The van der Waals surface area contributed by atoms with Crippen LogP contribution in [0.4, 0.5) is 0 Å². The predicted molar refractivity (Wildman–Crippen MR) is 132 cm³/mol. The fourth-order valence-corrected chi connectivity index (χ4v) is 3.56. The van der Waals surface area contributed by atoms with Crippen LogP contribution in [0.1, 0.15) is 23.6 Å². The molecule has 0 saturated heterocycles. The Bertz CT molecular complexity index is 1410. The Balaban J connectivity index is 1.34. The first-order valence-electron chi connectivity index (χ1n) is 11.2. The average Bonchev–Trinajstić information content (AvgIpc) is 3.51. The number of hydrogen-bond acceptors (Lipinski definition) is 8. The van der Waals surface area contributed by atoms with Crippen molar-refractivity contribution in [1.29, 1.82) is 0 Å². The molecule has 0 N–H and O–H groups in total. The summed E-state index contributed by atoms with van der Waals surface area (Å²) >= 11 is 0. The molecule has 0 spiro atoms. The first kappa shape index (κ1) is 22.9. The molecular weight excluding hydrogens is 462 g/mol. The van der Waals surface area contributed by atoms with E-state index in [1.54, 1.807) is 48.6 Å². The number of carbonyl (C=O) groups is 2. The standard InChI is InChI=1S/C28H21NO7/c1-2-32-24-15-19(8-11-23(24)35-26(30)13-9-18-6-4-3-5-7-18)14-21-28(31)36-27(29-21)20-10-12-22-25(16-20)34-17-33-22/h3-16H,2,17H2,1H3/b13-9+,21-14+. The van der Waals surface area contributed by atoms with E-state index in [-0.39, 0.29) is 24.1 Å². The van der Waals surface area contributed by atoms with E-state index in [1.807, 2.05) is 37.3 Å². The smallest absolute Gasteiger partial charge is 0.363 e. The zero-order valence-electron chi connectivity index (χ0n) is 19.3. The maximum Gasteiger partial charge on any atom is 0.363 e. The summed E-state index contributed by atoms with van der Waals surface area (Å²) in [5.74, 6) is 0.865. The zero-order valence-corrected chi connectivity index (χ0v) is 19.3. The van der Waals surface area contributed by atoms with E-state index in [4.69, 9.17) is 23.7 Å². The van der Waals surface area contributed by atoms with E-state index in [2.05, 4.69) is 4.99 Å². The fourth-order valence-electron chi connectivity index (χ4n) is 3.56. The molecule has 2 heterocycles. The van der Waals surface area contributed by atoms with Crippen molar-refractivity contribution in [2.45, 2.75) is 6.92 Å². The third-order valence-corrected chi connectivity index (χ3v) is 5.23. The first-order valence-corrected chi connectivity index (χ1v) is 11.2. The molecule has 36 heavy (non-hydrogen) atoms. The molecule has 3 aromatic carbocycles. The van der Waals surface area contributed by atoms with Gasteiger partial charge in [-0.15, -0.1) is 0 Å². The second-order valence-corrected chi connectivity index (χ2v) is 7.71. The number of fused-ring (bicyclic) bond motifs is 1. The number of nitrogens with zero attached hydrogens (tertiary/aromatic N) is 1. The number of cyclic esters (lactones) is 1. The van der Waals surface area contributed by atoms with Crippen LogP contribution in [0.15, 0.2) is 83.5 Å². The average molecular weight is 483 g/mol. The number of ether oxygens (including phenoxy) is 5. The molecule has 8 heteroatoms. The van der Waals surface area contributed by atoms with Gasteiger partial charge in [0.1, 0.15) is 0 Å². The second kappa shape index (κ2) is 10.2. The molecule has 8 nitrogen and oxygen atoms in total. The van der Waals surface area contributed by atoms with E-state index >= 15 is 0 Å². The van der Waals surface area contributed by atoms with Gasteiger partial charge in [0.2, 0.25) is 12.7 Å². The van der Waals surface area contributed by atoms with Crippen LogP contribution >= 0.6 is 0 Å². The summed E-state index contributed by atoms with van der Waals surface area (Å²) in [4.78, 5) is 29.1. The number of rotatable bonds is 7. The highest BCUT2D eigenvalue weighted by Gasteiger charge is 2.26. The molecule has 180 valence electrons. The first-order chi connectivity index (χ1) is 17.6. The zero-order chi connectivity index (χ0) is 24.9. The normalized spacial score (nSPS) is 15.2. The van der Waals surface area contributed by atoms with Gasteiger partial charge in [0, 0.05) is 11.6 Å². The Morgan fingerprint density at radius 2 is 1.81 bits per heavy atom. The van der Waals surface area contributed by atoms with Crippen LogP contribution < -0.4 is 18.9 Å². The lowest BCUT2D eigenvalue weighted by molar-refractivity contribution is -0.130. The maximum atomic E-state index is 12.4. The van der Waals surface area contributed by atoms with Gasteiger partial charge in [0.05, 0.1) is 6.61 Å². The van der Waals surface area contributed by atoms with Crippen LogP contribution in [-0.2, 0) is 14.3 Å². The van der Waals surface area contributed by atoms with Crippen molar-refractivity contribution in [3.8, 4) is 23.0 Å². The molecule has 5 rings (SSSR count). The van der Waals surface area contributed by atoms with Crippen molar-refractivity contribution in [2.75, 3.05) is 13.4 Å². The molecule has 2 aliphatic rings. The van der Waals surface area contributed by atoms with Crippen LogP contribution in [0.2, 0.25) is 0 Å². The van der Waals surface area contributed by atoms with Gasteiger partial charge in [-0.1, -0.05) is 36.4 Å². The van der Waals surface area contributed by atoms with Crippen molar-refractivity contribution in [2.24, 2.45) is 4.99 Å². The van der Waals surface area contributed by atoms with Crippen molar-refractivity contribution in [1.82, 2.24) is 0 Å². The highest BCUT2D eigenvalue weighted by Crippen LogP contribution is 2.34. The van der Waals surface area contributed by atoms with Crippen molar-refractivity contribution in [3.05, 3.63) is 95.2 Å². The number of hydrogen-bond donors (Lipinski definition) is 0. The topological polar surface area (TPSA) is 92.7 Å². The van der Waals surface area contributed by atoms with Crippen molar-refractivity contribution < 1.29 is 33.3 Å². The summed E-state index contributed by atoms with van der Waals surface area (Å²) in [6.07, 6.45) is 4.59. The molecular formula is C28H21NO7. The summed E-state index contributed by atoms with van der Waals surface area (Å²) < 4.78 is 27.2. The lowest BCUT2D eigenvalue weighted by Crippen LogP contribution is -2.06. The third-order valence-electron chi connectivity index (χ3n) is 5.23. The summed E-state index contributed by atoms with van der Waals surface area (Å²) in [7, 11) is 0. The van der Waals surface area contributed by atoms with Gasteiger partial charge < -0.3 is 23.7 Å². The van der Waals surface area contributed by atoms with Gasteiger partial charge in [0.15, 0.2) is 28.7 Å². The molecule has 0 fully saturated rings. The van der Waals surface area contributed by atoms with Crippen LogP contribution in [-0.4, -0.2) is 31.2 Å².